The average molecular weight is 337 g/mol. The third kappa shape index (κ3) is 3.49. The first-order valence-corrected chi connectivity index (χ1v) is 8.95. The molecule has 2 aromatic heterocycles. The van der Waals surface area contributed by atoms with Gasteiger partial charge in [-0.2, -0.15) is 4.98 Å². The Morgan fingerprint density at radius 2 is 1.92 bits per heavy atom. The predicted molar refractivity (Wildman–Crippen MR) is 98.6 cm³/mol. The van der Waals surface area contributed by atoms with Crippen LogP contribution in [-0.2, 0) is 0 Å². The van der Waals surface area contributed by atoms with Gasteiger partial charge in [-0.05, 0) is 45.8 Å². The molecule has 0 bridgehead atoms. The van der Waals surface area contributed by atoms with Gasteiger partial charge in [-0.1, -0.05) is 35.0 Å². The highest BCUT2D eigenvalue weighted by molar-refractivity contribution is 5.97. The van der Waals surface area contributed by atoms with Crippen LogP contribution in [0.4, 0.5) is 5.82 Å². The molecule has 1 aliphatic rings. The smallest absolute Gasteiger partial charge is 0.263 e. The van der Waals surface area contributed by atoms with E-state index in [-0.39, 0.29) is 0 Å². The fraction of sp³-hybridized carbons (Fsp3) is 0.421. The van der Waals surface area contributed by atoms with E-state index >= 15 is 0 Å². The summed E-state index contributed by atoms with van der Waals surface area (Å²) in [4.78, 5) is 11.1. The molecule has 1 saturated heterocycles. The molecule has 0 unspecified atom stereocenters. The number of hydrogen-bond donors (Lipinski definition) is 1. The van der Waals surface area contributed by atoms with E-state index in [4.69, 9.17) is 4.52 Å². The fourth-order valence-electron chi connectivity index (χ4n) is 3.34. The zero-order valence-electron chi connectivity index (χ0n) is 14.5. The van der Waals surface area contributed by atoms with Gasteiger partial charge in [-0.3, -0.25) is 0 Å². The minimum absolute atomic E-state index is 0.521. The van der Waals surface area contributed by atoms with Crippen molar-refractivity contribution in [2.75, 3.05) is 31.5 Å². The zero-order chi connectivity index (χ0) is 17.1. The van der Waals surface area contributed by atoms with Crippen molar-refractivity contribution >= 4 is 16.9 Å². The molecule has 1 aliphatic heterocycles. The van der Waals surface area contributed by atoms with E-state index in [1.165, 1.54) is 37.8 Å². The van der Waals surface area contributed by atoms with E-state index in [1.54, 1.807) is 0 Å². The van der Waals surface area contributed by atoms with Gasteiger partial charge >= 0.3 is 0 Å². The Morgan fingerprint density at radius 3 is 2.72 bits per heavy atom. The Kier molecular flexibility index (Phi) is 4.61. The zero-order valence-corrected chi connectivity index (χ0v) is 14.5. The molecule has 0 spiro atoms. The van der Waals surface area contributed by atoms with E-state index < -0.39 is 0 Å². The number of anilines is 1. The first-order valence-electron chi connectivity index (χ1n) is 8.95. The molecule has 0 radical (unpaired) electrons. The second-order valence-electron chi connectivity index (χ2n) is 6.63. The molecule has 0 aliphatic carbocycles. The molecule has 4 rings (SSSR count). The summed E-state index contributed by atoms with van der Waals surface area (Å²) in [7, 11) is 0. The van der Waals surface area contributed by atoms with E-state index in [1.807, 2.05) is 0 Å². The maximum Gasteiger partial charge on any atom is 0.263 e. The quantitative estimate of drug-likeness (QED) is 0.695. The lowest BCUT2D eigenvalue weighted by Crippen LogP contribution is -2.22. The molecule has 3 heterocycles. The van der Waals surface area contributed by atoms with Gasteiger partial charge in [0.2, 0.25) is 0 Å². The van der Waals surface area contributed by atoms with Crippen LogP contribution in [0, 0.1) is 6.92 Å². The summed E-state index contributed by atoms with van der Waals surface area (Å²) in [5, 5.41) is 8.52. The number of nitrogens with one attached hydrogen (secondary N) is 1. The molecular weight excluding hydrogens is 314 g/mol. The average Bonchev–Trinajstić information content (AvgIpc) is 3.29. The van der Waals surface area contributed by atoms with Crippen LogP contribution < -0.4 is 5.32 Å². The van der Waals surface area contributed by atoms with Crippen molar-refractivity contribution in [2.45, 2.75) is 26.2 Å². The second-order valence-corrected chi connectivity index (χ2v) is 6.63. The summed E-state index contributed by atoms with van der Waals surface area (Å²) in [5.74, 6) is 0.795. The van der Waals surface area contributed by atoms with Gasteiger partial charge in [0.15, 0.2) is 0 Å². The Morgan fingerprint density at radius 1 is 1.12 bits per heavy atom. The standard InChI is InChI=1S/C19H23N5O/c1-14-5-7-15(8-6-14)17-16-18(21-13-22-19(16)25-23-17)20-9-4-12-24-10-2-3-11-24/h5-8,13H,2-4,9-12H2,1H3,(H,20,21,22). The van der Waals surface area contributed by atoms with Crippen LogP contribution in [-0.4, -0.2) is 46.2 Å². The van der Waals surface area contributed by atoms with Gasteiger partial charge in [-0.25, -0.2) is 4.98 Å². The van der Waals surface area contributed by atoms with Crippen molar-refractivity contribution in [2.24, 2.45) is 0 Å². The van der Waals surface area contributed by atoms with Crippen LogP contribution in [0.1, 0.15) is 24.8 Å². The largest absolute Gasteiger partial charge is 0.369 e. The van der Waals surface area contributed by atoms with Gasteiger partial charge in [0.1, 0.15) is 23.2 Å². The molecule has 1 N–H and O–H groups in total. The van der Waals surface area contributed by atoms with Gasteiger partial charge in [0, 0.05) is 12.1 Å². The summed E-state index contributed by atoms with van der Waals surface area (Å²) in [6, 6.07) is 8.25. The van der Waals surface area contributed by atoms with E-state index in [0.29, 0.717) is 5.71 Å². The molecule has 1 fully saturated rings. The van der Waals surface area contributed by atoms with Crippen LogP contribution in [0.25, 0.3) is 22.4 Å². The van der Waals surface area contributed by atoms with E-state index in [0.717, 1.165) is 42.0 Å². The number of hydrogen-bond acceptors (Lipinski definition) is 6. The number of aryl methyl sites for hydroxylation is 1. The van der Waals surface area contributed by atoms with E-state index in [2.05, 4.69) is 56.5 Å². The Balaban J connectivity index is 1.52. The van der Waals surface area contributed by atoms with E-state index in [9.17, 15) is 0 Å². The third-order valence-electron chi connectivity index (χ3n) is 4.74. The molecule has 6 nitrogen and oxygen atoms in total. The molecule has 0 saturated carbocycles. The number of rotatable bonds is 6. The van der Waals surface area contributed by atoms with Gasteiger partial charge in [-0.15, -0.1) is 0 Å². The number of benzene rings is 1. The molecule has 0 atom stereocenters. The number of aromatic nitrogens is 3. The van der Waals surface area contributed by atoms with Gasteiger partial charge in [0.05, 0.1) is 0 Å². The first kappa shape index (κ1) is 16.0. The maximum absolute atomic E-state index is 5.41. The third-order valence-corrected chi connectivity index (χ3v) is 4.74. The highest BCUT2D eigenvalue weighted by Gasteiger charge is 2.16. The minimum atomic E-state index is 0.521. The molecule has 0 amide bonds. The second kappa shape index (κ2) is 7.19. The van der Waals surface area contributed by atoms with Crippen molar-refractivity contribution in [3.05, 3.63) is 36.2 Å². The number of fused-ring (bicyclic) bond motifs is 1. The number of nitrogens with zero attached hydrogens (tertiary/aromatic N) is 4. The lowest BCUT2D eigenvalue weighted by atomic mass is 10.1. The lowest BCUT2D eigenvalue weighted by Gasteiger charge is -2.14. The normalized spacial score (nSPS) is 15.1. The summed E-state index contributed by atoms with van der Waals surface area (Å²) in [6.07, 6.45) is 5.28. The van der Waals surface area contributed by atoms with Crippen LogP contribution in [0.15, 0.2) is 35.1 Å². The molecular formula is C19H23N5O. The van der Waals surface area contributed by atoms with Crippen molar-refractivity contribution in [1.29, 1.82) is 0 Å². The predicted octanol–water partition coefficient (Wildman–Crippen LogP) is 3.49. The molecule has 3 aromatic rings. The summed E-state index contributed by atoms with van der Waals surface area (Å²) >= 11 is 0. The molecule has 130 valence electrons. The molecule has 6 heteroatoms. The van der Waals surface area contributed by atoms with Crippen LogP contribution in [0.2, 0.25) is 0 Å². The Hall–Kier alpha value is -2.47. The monoisotopic (exact) mass is 337 g/mol. The maximum atomic E-state index is 5.41. The Bertz CT molecular complexity index is 837. The van der Waals surface area contributed by atoms with Gasteiger partial charge < -0.3 is 14.7 Å². The van der Waals surface area contributed by atoms with Crippen LogP contribution in [0.5, 0.6) is 0 Å². The van der Waals surface area contributed by atoms with Crippen molar-refractivity contribution in [3.8, 4) is 11.3 Å². The number of likely N-dealkylation sites (tertiary alicyclic amines) is 1. The van der Waals surface area contributed by atoms with Crippen LogP contribution in [0.3, 0.4) is 0 Å². The van der Waals surface area contributed by atoms with Crippen molar-refractivity contribution < 1.29 is 4.52 Å². The molecule has 25 heavy (non-hydrogen) atoms. The SMILES string of the molecule is Cc1ccc(-c2noc3ncnc(NCCCN4CCCC4)c23)cc1. The first-order chi connectivity index (χ1) is 12.3. The van der Waals surface area contributed by atoms with Crippen molar-refractivity contribution in [3.63, 3.8) is 0 Å². The highest BCUT2D eigenvalue weighted by Crippen LogP contribution is 2.31. The highest BCUT2D eigenvalue weighted by atomic mass is 16.5. The minimum Gasteiger partial charge on any atom is -0.369 e. The van der Waals surface area contributed by atoms with Crippen LogP contribution >= 0.6 is 0 Å². The van der Waals surface area contributed by atoms with Crippen molar-refractivity contribution in [1.82, 2.24) is 20.0 Å². The summed E-state index contributed by atoms with van der Waals surface area (Å²) in [6.45, 7) is 6.56. The fourth-order valence-corrected chi connectivity index (χ4v) is 3.34. The lowest BCUT2D eigenvalue weighted by molar-refractivity contribution is 0.337. The Labute approximate surface area is 147 Å². The topological polar surface area (TPSA) is 67.1 Å². The van der Waals surface area contributed by atoms with Gasteiger partial charge in [0.25, 0.3) is 5.71 Å². The summed E-state index contributed by atoms with van der Waals surface area (Å²) < 4.78 is 5.41. The summed E-state index contributed by atoms with van der Waals surface area (Å²) in [5.41, 5.74) is 3.54. The molecule has 1 aromatic carbocycles.